The first kappa shape index (κ1) is 20.8. The maximum absolute atomic E-state index is 12.9. The normalized spacial score (nSPS) is 19.1. The smallest absolute Gasteiger partial charge is 0.339 e. The van der Waals surface area contributed by atoms with Gasteiger partial charge in [-0.3, -0.25) is 4.79 Å². The first-order valence-corrected chi connectivity index (χ1v) is 10.9. The Morgan fingerprint density at radius 3 is 2.63 bits per heavy atom. The van der Waals surface area contributed by atoms with Crippen LogP contribution in [-0.2, 0) is 14.3 Å². The molecule has 0 spiro atoms. The van der Waals surface area contributed by atoms with E-state index in [4.69, 9.17) is 21.1 Å². The van der Waals surface area contributed by atoms with Crippen LogP contribution in [0, 0.1) is 0 Å². The molecule has 1 saturated heterocycles. The molecule has 1 amide bonds. The van der Waals surface area contributed by atoms with Gasteiger partial charge in [0.25, 0.3) is 5.91 Å². The van der Waals surface area contributed by atoms with Crippen LogP contribution >= 0.6 is 22.9 Å². The Hall–Kier alpha value is -2.48. The number of ether oxygens (including phenoxy) is 2. The van der Waals surface area contributed by atoms with E-state index in [2.05, 4.69) is 4.98 Å². The highest BCUT2D eigenvalue weighted by Crippen LogP contribution is 2.32. The molecular formula is C22H21ClN2O4S. The zero-order chi connectivity index (χ0) is 21.3. The predicted molar refractivity (Wildman–Crippen MR) is 117 cm³/mol. The number of carbonyl (C=O) groups excluding carboxylic acids is 2. The predicted octanol–water partition coefficient (Wildman–Crippen LogP) is 4.41. The summed E-state index contributed by atoms with van der Waals surface area (Å²) in [6, 6.07) is 12.7. The van der Waals surface area contributed by atoms with Crippen molar-refractivity contribution in [2.24, 2.45) is 0 Å². The van der Waals surface area contributed by atoms with Crippen molar-refractivity contribution in [3.8, 4) is 10.6 Å². The van der Waals surface area contributed by atoms with Crippen LogP contribution in [0.25, 0.3) is 21.5 Å². The van der Waals surface area contributed by atoms with E-state index in [1.165, 1.54) is 11.3 Å². The SMILES string of the molecule is C[C@@H]1CN(C(=O)COC(=O)c2cc(-c3ccc(Cl)s3)nc3ccccc23)C[C@@H](C)O1. The van der Waals surface area contributed by atoms with Gasteiger partial charge in [-0.2, -0.15) is 0 Å². The minimum absolute atomic E-state index is 0.0438. The van der Waals surface area contributed by atoms with Crippen LogP contribution in [0.15, 0.2) is 42.5 Å². The van der Waals surface area contributed by atoms with E-state index < -0.39 is 5.97 Å². The molecule has 1 fully saturated rings. The van der Waals surface area contributed by atoms with E-state index in [9.17, 15) is 9.59 Å². The molecule has 156 valence electrons. The van der Waals surface area contributed by atoms with E-state index in [0.29, 0.717) is 39.6 Å². The summed E-state index contributed by atoms with van der Waals surface area (Å²) in [5, 5.41) is 0.676. The third-order valence-corrected chi connectivity index (χ3v) is 6.11. The second-order valence-corrected chi connectivity index (χ2v) is 9.02. The van der Waals surface area contributed by atoms with E-state index in [0.717, 1.165) is 4.88 Å². The largest absolute Gasteiger partial charge is 0.452 e. The lowest BCUT2D eigenvalue weighted by Crippen LogP contribution is -2.49. The molecule has 3 heterocycles. The summed E-state index contributed by atoms with van der Waals surface area (Å²) in [5.74, 6) is -0.783. The topological polar surface area (TPSA) is 68.7 Å². The number of halogens is 1. The van der Waals surface area contributed by atoms with Gasteiger partial charge in [0.1, 0.15) is 0 Å². The first-order valence-electron chi connectivity index (χ1n) is 9.66. The van der Waals surface area contributed by atoms with Crippen molar-refractivity contribution in [3.63, 3.8) is 0 Å². The molecule has 1 aliphatic heterocycles. The summed E-state index contributed by atoms with van der Waals surface area (Å²) in [5.41, 5.74) is 1.69. The molecule has 2 aromatic heterocycles. The zero-order valence-electron chi connectivity index (χ0n) is 16.6. The summed E-state index contributed by atoms with van der Waals surface area (Å²) < 4.78 is 11.7. The number of benzene rings is 1. The molecule has 0 radical (unpaired) electrons. The third-order valence-electron chi connectivity index (χ3n) is 4.86. The lowest BCUT2D eigenvalue weighted by atomic mass is 10.1. The molecule has 0 bridgehead atoms. The summed E-state index contributed by atoms with van der Waals surface area (Å²) in [4.78, 5) is 32.6. The lowest BCUT2D eigenvalue weighted by Gasteiger charge is -2.35. The van der Waals surface area contributed by atoms with Crippen molar-refractivity contribution < 1.29 is 19.1 Å². The van der Waals surface area contributed by atoms with Crippen molar-refractivity contribution in [1.29, 1.82) is 0 Å². The number of pyridine rings is 1. The molecule has 0 N–H and O–H groups in total. The quantitative estimate of drug-likeness (QED) is 0.557. The molecular weight excluding hydrogens is 424 g/mol. The average molecular weight is 445 g/mol. The van der Waals surface area contributed by atoms with Crippen LogP contribution < -0.4 is 0 Å². The number of para-hydroxylation sites is 1. The number of rotatable bonds is 4. The van der Waals surface area contributed by atoms with E-state index in [1.807, 2.05) is 44.2 Å². The molecule has 0 unspecified atom stereocenters. The second kappa shape index (κ2) is 8.71. The fourth-order valence-electron chi connectivity index (χ4n) is 3.60. The number of morpholine rings is 1. The number of hydrogen-bond acceptors (Lipinski definition) is 6. The van der Waals surface area contributed by atoms with Gasteiger partial charge in [0.15, 0.2) is 6.61 Å². The Bertz CT molecular complexity index is 1090. The number of hydrogen-bond donors (Lipinski definition) is 0. The average Bonchev–Trinajstić information content (AvgIpc) is 3.16. The fourth-order valence-corrected chi connectivity index (χ4v) is 4.60. The van der Waals surface area contributed by atoms with Crippen LogP contribution in [0.1, 0.15) is 24.2 Å². The van der Waals surface area contributed by atoms with Gasteiger partial charge in [0, 0.05) is 18.5 Å². The van der Waals surface area contributed by atoms with Gasteiger partial charge in [-0.1, -0.05) is 29.8 Å². The molecule has 6 nitrogen and oxygen atoms in total. The number of nitrogens with zero attached hydrogens (tertiary/aromatic N) is 2. The molecule has 8 heteroatoms. The van der Waals surface area contributed by atoms with Gasteiger partial charge in [-0.25, -0.2) is 9.78 Å². The van der Waals surface area contributed by atoms with Crippen molar-refractivity contribution in [1.82, 2.24) is 9.88 Å². The van der Waals surface area contributed by atoms with Gasteiger partial charge in [0.05, 0.1) is 38.2 Å². The van der Waals surface area contributed by atoms with Crippen molar-refractivity contribution >= 4 is 45.7 Å². The number of fused-ring (bicyclic) bond motifs is 1. The molecule has 30 heavy (non-hydrogen) atoms. The Morgan fingerprint density at radius 1 is 1.20 bits per heavy atom. The minimum atomic E-state index is -0.555. The maximum Gasteiger partial charge on any atom is 0.339 e. The highest BCUT2D eigenvalue weighted by Gasteiger charge is 2.27. The maximum atomic E-state index is 12.9. The van der Waals surface area contributed by atoms with Crippen LogP contribution in [0.4, 0.5) is 0 Å². The van der Waals surface area contributed by atoms with Gasteiger partial charge >= 0.3 is 5.97 Å². The van der Waals surface area contributed by atoms with Gasteiger partial charge in [-0.05, 0) is 38.1 Å². The third kappa shape index (κ3) is 4.48. The number of amides is 1. The van der Waals surface area contributed by atoms with Crippen LogP contribution in [0.2, 0.25) is 4.34 Å². The second-order valence-electron chi connectivity index (χ2n) is 7.31. The summed E-state index contributed by atoms with van der Waals surface area (Å²) in [6.45, 7) is 4.51. The zero-order valence-corrected chi connectivity index (χ0v) is 18.2. The van der Waals surface area contributed by atoms with Crippen molar-refractivity contribution in [3.05, 3.63) is 52.4 Å². The van der Waals surface area contributed by atoms with E-state index in [-0.39, 0.29) is 24.7 Å². The molecule has 1 aromatic carbocycles. The summed E-state index contributed by atoms with van der Waals surface area (Å²) in [7, 11) is 0. The summed E-state index contributed by atoms with van der Waals surface area (Å²) in [6.07, 6.45) is -0.0876. The van der Waals surface area contributed by atoms with Crippen molar-refractivity contribution in [2.45, 2.75) is 26.1 Å². The first-order chi connectivity index (χ1) is 14.4. The Kier molecular flexibility index (Phi) is 6.04. The fraction of sp³-hybridized carbons (Fsp3) is 0.318. The molecule has 3 aromatic rings. The van der Waals surface area contributed by atoms with Gasteiger partial charge in [0.2, 0.25) is 0 Å². The van der Waals surface area contributed by atoms with Crippen molar-refractivity contribution in [2.75, 3.05) is 19.7 Å². The minimum Gasteiger partial charge on any atom is -0.452 e. The molecule has 4 rings (SSSR count). The molecule has 0 aliphatic carbocycles. The van der Waals surface area contributed by atoms with E-state index in [1.54, 1.807) is 17.0 Å². The molecule has 2 atom stereocenters. The number of aromatic nitrogens is 1. The Morgan fingerprint density at radius 2 is 1.93 bits per heavy atom. The Balaban J connectivity index is 1.56. The summed E-state index contributed by atoms with van der Waals surface area (Å²) >= 11 is 7.44. The number of thiophene rings is 1. The van der Waals surface area contributed by atoms with Crippen LogP contribution in [0.5, 0.6) is 0 Å². The van der Waals surface area contributed by atoms with Gasteiger partial charge < -0.3 is 14.4 Å². The van der Waals surface area contributed by atoms with Crippen LogP contribution in [-0.4, -0.2) is 53.7 Å². The monoisotopic (exact) mass is 444 g/mol. The lowest BCUT2D eigenvalue weighted by molar-refractivity contribution is -0.146. The molecule has 1 aliphatic rings. The molecule has 0 saturated carbocycles. The van der Waals surface area contributed by atoms with Gasteiger partial charge in [-0.15, -0.1) is 11.3 Å². The number of carbonyl (C=O) groups is 2. The highest BCUT2D eigenvalue weighted by atomic mass is 35.5. The van der Waals surface area contributed by atoms with E-state index >= 15 is 0 Å². The highest BCUT2D eigenvalue weighted by molar-refractivity contribution is 7.19. The standard InChI is InChI=1S/C22H21ClN2O4S/c1-13-10-25(11-14(2)29-13)21(26)12-28-22(27)16-9-18(19-7-8-20(23)30-19)24-17-6-4-3-5-15(16)17/h3-9,13-14H,10-12H2,1-2H3/t13-,14-/m1/s1. The Labute approximate surface area is 183 Å². The number of esters is 1. The van der Waals surface area contributed by atoms with Crippen LogP contribution in [0.3, 0.4) is 0 Å².